The molecule has 0 unspecified atom stereocenters. The van der Waals surface area contributed by atoms with Crippen molar-refractivity contribution in [1.82, 2.24) is 25.8 Å². The van der Waals surface area contributed by atoms with E-state index in [1.165, 1.54) is 5.56 Å². The van der Waals surface area contributed by atoms with Crippen LogP contribution in [0.3, 0.4) is 0 Å². The molecule has 1 saturated heterocycles. The molecule has 168 valence electrons. The summed E-state index contributed by atoms with van der Waals surface area (Å²) in [4.78, 5) is 23.0. The highest BCUT2D eigenvalue weighted by molar-refractivity contribution is 5.80. The first-order chi connectivity index (χ1) is 15.1. The van der Waals surface area contributed by atoms with Gasteiger partial charge in [0, 0.05) is 38.3 Å². The number of guanidine groups is 1. The Morgan fingerprint density at radius 2 is 1.97 bits per heavy atom. The molecule has 0 atom stereocenters. The first-order valence-corrected chi connectivity index (χ1v) is 11.0. The molecular formula is C23H34N6O2. The van der Waals surface area contributed by atoms with Crippen molar-refractivity contribution in [2.45, 2.75) is 45.7 Å². The van der Waals surface area contributed by atoms with E-state index in [-0.39, 0.29) is 5.91 Å². The molecule has 0 radical (unpaired) electrons. The van der Waals surface area contributed by atoms with Gasteiger partial charge in [0.2, 0.25) is 11.8 Å². The number of amides is 1. The van der Waals surface area contributed by atoms with Gasteiger partial charge in [0.25, 0.3) is 0 Å². The van der Waals surface area contributed by atoms with Crippen LogP contribution in [0.1, 0.15) is 37.4 Å². The lowest BCUT2D eigenvalue weighted by molar-refractivity contribution is -0.122. The maximum absolute atomic E-state index is 11.9. The van der Waals surface area contributed by atoms with Crippen LogP contribution >= 0.6 is 0 Å². The second-order valence-electron chi connectivity index (χ2n) is 7.98. The Morgan fingerprint density at radius 1 is 1.23 bits per heavy atom. The van der Waals surface area contributed by atoms with E-state index in [9.17, 15) is 4.79 Å². The summed E-state index contributed by atoms with van der Waals surface area (Å²) in [6, 6.07) is 8.46. The van der Waals surface area contributed by atoms with Gasteiger partial charge in [0.05, 0.1) is 18.8 Å². The van der Waals surface area contributed by atoms with Crippen LogP contribution in [0.4, 0.5) is 0 Å². The summed E-state index contributed by atoms with van der Waals surface area (Å²) in [5, 5.41) is 9.73. The maximum atomic E-state index is 11.9. The summed E-state index contributed by atoms with van der Waals surface area (Å²) < 4.78 is 5.62. The fourth-order valence-corrected chi connectivity index (χ4v) is 3.54. The van der Waals surface area contributed by atoms with Crippen LogP contribution in [-0.4, -0.2) is 61.0 Å². The largest absolute Gasteiger partial charge is 0.444 e. The number of hydrogen-bond acceptors (Lipinski definition) is 5. The number of piperidine rings is 1. The number of benzene rings is 1. The van der Waals surface area contributed by atoms with Crippen molar-refractivity contribution in [1.29, 1.82) is 0 Å². The molecule has 1 aromatic heterocycles. The van der Waals surface area contributed by atoms with Gasteiger partial charge in [-0.1, -0.05) is 24.6 Å². The van der Waals surface area contributed by atoms with Crippen LogP contribution in [0, 0.1) is 6.92 Å². The lowest BCUT2D eigenvalue weighted by atomic mass is 10.1. The summed E-state index contributed by atoms with van der Waals surface area (Å²) in [5.41, 5.74) is 3.00. The molecule has 1 aromatic carbocycles. The molecule has 0 spiro atoms. The zero-order chi connectivity index (χ0) is 22.1. The van der Waals surface area contributed by atoms with E-state index < -0.39 is 0 Å². The smallest absolute Gasteiger partial charge is 0.234 e. The average molecular weight is 427 g/mol. The molecule has 1 fully saturated rings. The zero-order valence-corrected chi connectivity index (χ0v) is 18.8. The van der Waals surface area contributed by atoms with E-state index >= 15 is 0 Å². The molecule has 0 saturated carbocycles. The van der Waals surface area contributed by atoms with E-state index in [0.717, 1.165) is 56.1 Å². The van der Waals surface area contributed by atoms with Crippen LogP contribution in [0.5, 0.6) is 0 Å². The highest BCUT2D eigenvalue weighted by atomic mass is 16.3. The third kappa shape index (κ3) is 7.10. The Kier molecular flexibility index (Phi) is 8.46. The van der Waals surface area contributed by atoms with Gasteiger partial charge in [-0.3, -0.25) is 14.7 Å². The van der Waals surface area contributed by atoms with Crippen molar-refractivity contribution in [2.75, 3.05) is 33.2 Å². The fraction of sp³-hybridized carbons (Fsp3) is 0.522. The second kappa shape index (κ2) is 11.5. The number of likely N-dealkylation sites (tertiary alicyclic amines) is 1. The lowest BCUT2D eigenvalue weighted by Gasteiger charge is -2.32. The van der Waals surface area contributed by atoms with Gasteiger partial charge >= 0.3 is 0 Å². The first kappa shape index (κ1) is 22.8. The van der Waals surface area contributed by atoms with E-state index in [4.69, 9.17) is 4.42 Å². The number of aromatic nitrogens is 1. The van der Waals surface area contributed by atoms with Crippen molar-refractivity contribution in [3.63, 3.8) is 0 Å². The second-order valence-corrected chi connectivity index (χ2v) is 7.98. The molecule has 1 aliphatic rings. The van der Waals surface area contributed by atoms with Crippen LogP contribution in [0.2, 0.25) is 0 Å². The van der Waals surface area contributed by atoms with Crippen molar-refractivity contribution in [3.05, 3.63) is 41.8 Å². The van der Waals surface area contributed by atoms with Gasteiger partial charge < -0.3 is 20.4 Å². The Hall–Kier alpha value is -2.87. The molecule has 1 amide bonds. The molecule has 1 aliphatic heterocycles. The Labute approximate surface area is 184 Å². The molecule has 8 heteroatoms. The summed E-state index contributed by atoms with van der Waals surface area (Å²) >= 11 is 0. The van der Waals surface area contributed by atoms with Crippen LogP contribution < -0.4 is 16.0 Å². The lowest BCUT2D eigenvalue weighted by Crippen LogP contribution is -2.50. The van der Waals surface area contributed by atoms with Crippen molar-refractivity contribution >= 4 is 11.9 Å². The number of rotatable bonds is 8. The van der Waals surface area contributed by atoms with Gasteiger partial charge in [-0.25, -0.2) is 4.98 Å². The monoisotopic (exact) mass is 426 g/mol. The van der Waals surface area contributed by atoms with Gasteiger partial charge in [0.15, 0.2) is 5.96 Å². The number of aryl methyl sites for hydroxylation is 1. The number of aliphatic imine (C=N–C) groups is 1. The first-order valence-electron chi connectivity index (χ1n) is 11.0. The van der Waals surface area contributed by atoms with Crippen LogP contribution in [-0.2, 0) is 11.3 Å². The van der Waals surface area contributed by atoms with E-state index in [1.807, 2.05) is 24.3 Å². The quantitative estimate of drug-likeness (QED) is 0.443. The molecule has 3 N–H and O–H groups in total. The summed E-state index contributed by atoms with van der Waals surface area (Å²) in [5.74, 6) is 1.48. The molecule has 8 nitrogen and oxygen atoms in total. The summed E-state index contributed by atoms with van der Waals surface area (Å²) in [6.07, 6.45) is 4.59. The molecule has 3 rings (SSSR count). The highest BCUT2D eigenvalue weighted by Crippen LogP contribution is 2.19. The minimum Gasteiger partial charge on any atom is -0.444 e. The standard InChI is InChI=1S/C23H34N6O2/c1-4-11-25-21(30)15-29-12-9-19(10-13-29)28-23(24-3)26-14-20-16-31-22(27-20)18-7-5-17(2)6-8-18/h5-8,16,19H,4,9-15H2,1-3H3,(H,25,30)(H2,24,26,28). The number of hydrogen-bond donors (Lipinski definition) is 3. The van der Waals surface area contributed by atoms with E-state index in [1.54, 1.807) is 13.3 Å². The number of nitrogens with one attached hydrogen (secondary N) is 3. The van der Waals surface area contributed by atoms with E-state index in [2.05, 4.69) is 44.7 Å². The van der Waals surface area contributed by atoms with Crippen LogP contribution in [0.25, 0.3) is 11.5 Å². The molecule has 31 heavy (non-hydrogen) atoms. The molecule has 0 bridgehead atoms. The van der Waals surface area contributed by atoms with Crippen molar-refractivity contribution < 1.29 is 9.21 Å². The van der Waals surface area contributed by atoms with Gasteiger partial charge in [-0.15, -0.1) is 0 Å². The van der Waals surface area contributed by atoms with Gasteiger partial charge in [0.1, 0.15) is 6.26 Å². The molecule has 2 aromatic rings. The van der Waals surface area contributed by atoms with Crippen molar-refractivity contribution in [3.8, 4) is 11.5 Å². The molecule has 2 heterocycles. The number of nitrogens with zero attached hydrogens (tertiary/aromatic N) is 3. The molecular weight excluding hydrogens is 392 g/mol. The van der Waals surface area contributed by atoms with Crippen LogP contribution in [0.15, 0.2) is 39.9 Å². The van der Waals surface area contributed by atoms with Crippen molar-refractivity contribution in [2.24, 2.45) is 4.99 Å². The Bertz CT molecular complexity index is 853. The predicted molar refractivity (Wildman–Crippen MR) is 123 cm³/mol. The normalized spacial score (nSPS) is 15.6. The average Bonchev–Trinajstić information content (AvgIpc) is 3.26. The summed E-state index contributed by atoms with van der Waals surface area (Å²) in [6.45, 7) is 7.68. The number of carbonyl (C=O) groups excluding carboxylic acids is 1. The number of oxazole rings is 1. The SMILES string of the molecule is CCCNC(=O)CN1CCC(NC(=NC)NCc2coc(-c3ccc(C)cc3)n2)CC1. The van der Waals surface area contributed by atoms with Gasteiger partial charge in [-0.05, 0) is 38.3 Å². The third-order valence-corrected chi connectivity index (χ3v) is 5.38. The van der Waals surface area contributed by atoms with Gasteiger partial charge in [-0.2, -0.15) is 0 Å². The summed E-state index contributed by atoms with van der Waals surface area (Å²) in [7, 11) is 1.77. The number of carbonyl (C=O) groups is 1. The predicted octanol–water partition coefficient (Wildman–Crippen LogP) is 2.31. The Balaban J connectivity index is 1.41. The minimum atomic E-state index is 0.114. The fourth-order valence-electron chi connectivity index (χ4n) is 3.54. The molecule has 0 aliphatic carbocycles. The highest BCUT2D eigenvalue weighted by Gasteiger charge is 2.21. The topological polar surface area (TPSA) is 94.8 Å². The zero-order valence-electron chi connectivity index (χ0n) is 18.8. The minimum absolute atomic E-state index is 0.114. The third-order valence-electron chi connectivity index (χ3n) is 5.38. The maximum Gasteiger partial charge on any atom is 0.234 e. The van der Waals surface area contributed by atoms with E-state index in [0.29, 0.717) is 25.0 Å². The Morgan fingerprint density at radius 3 is 2.65 bits per heavy atom.